The van der Waals surface area contributed by atoms with Gasteiger partial charge in [0.1, 0.15) is 17.3 Å². The molecule has 1 N–H and O–H groups in total. The summed E-state index contributed by atoms with van der Waals surface area (Å²) < 4.78 is 0. The van der Waals surface area contributed by atoms with Crippen LogP contribution in [0.15, 0.2) is 73.1 Å². The van der Waals surface area contributed by atoms with E-state index >= 15 is 0 Å². The van der Waals surface area contributed by atoms with Gasteiger partial charge in [0.15, 0.2) is 0 Å². The van der Waals surface area contributed by atoms with Crippen molar-refractivity contribution in [3.8, 4) is 0 Å². The Morgan fingerprint density at radius 1 is 0.810 bits per heavy atom. The number of aromatic nitrogens is 2. The van der Waals surface area contributed by atoms with Gasteiger partial charge in [0, 0.05) is 6.07 Å². The highest BCUT2D eigenvalue weighted by atomic mass is 35.5. The van der Waals surface area contributed by atoms with E-state index in [4.69, 9.17) is 11.6 Å². The molecule has 4 heteroatoms. The van der Waals surface area contributed by atoms with E-state index in [1.165, 1.54) is 17.5 Å². The number of halogens is 1. The third kappa shape index (κ3) is 3.38. The van der Waals surface area contributed by atoms with Gasteiger partial charge >= 0.3 is 0 Å². The minimum atomic E-state index is 0.0124. The Balaban J connectivity index is 1.97. The van der Waals surface area contributed by atoms with Crippen LogP contribution in [0.1, 0.15) is 17.2 Å². The number of benzene rings is 2. The van der Waals surface area contributed by atoms with Crippen molar-refractivity contribution in [1.29, 1.82) is 0 Å². The Hall–Kier alpha value is -2.39. The fourth-order valence-electron chi connectivity index (χ4n) is 2.21. The summed E-state index contributed by atoms with van der Waals surface area (Å²) in [4.78, 5) is 8.13. The van der Waals surface area contributed by atoms with Crippen LogP contribution in [0, 0.1) is 0 Å². The van der Waals surface area contributed by atoms with Crippen LogP contribution in [0.4, 0.5) is 5.82 Å². The standard InChI is InChI=1S/C17H14ClN3/c18-15-11-16(20-12-19-15)21-17(13-7-3-1-4-8-13)14-9-5-2-6-10-14/h1-12,17H,(H,19,20,21). The zero-order valence-electron chi connectivity index (χ0n) is 11.3. The van der Waals surface area contributed by atoms with E-state index in [1.807, 2.05) is 36.4 Å². The quantitative estimate of drug-likeness (QED) is 0.728. The minimum Gasteiger partial charge on any atom is -0.359 e. The van der Waals surface area contributed by atoms with E-state index in [0.29, 0.717) is 11.0 Å². The van der Waals surface area contributed by atoms with Crippen LogP contribution in [0.3, 0.4) is 0 Å². The summed E-state index contributed by atoms with van der Waals surface area (Å²) in [5, 5.41) is 3.84. The third-order valence-corrected chi connectivity index (χ3v) is 3.40. The Bertz CT molecular complexity index is 662. The van der Waals surface area contributed by atoms with E-state index in [1.54, 1.807) is 6.07 Å². The number of nitrogens with one attached hydrogen (secondary N) is 1. The van der Waals surface area contributed by atoms with Crippen molar-refractivity contribution in [2.24, 2.45) is 0 Å². The van der Waals surface area contributed by atoms with Crippen LogP contribution in [0.25, 0.3) is 0 Å². The molecule has 0 aliphatic heterocycles. The summed E-state index contributed by atoms with van der Waals surface area (Å²) in [5.74, 6) is 0.702. The SMILES string of the molecule is Clc1cc(NC(c2ccccc2)c2ccccc2)ncn1. The number of hydrogen-bond acceptors (Lipinski definition) is 3. The maximum Gasteiger partial charge on any atom is 0.134 e. The fourth-order valence-corrected chi connectivity index (χ4v) is 2.36. The molecule has 1 aromatic heterocycles. The van der Waals surface area contributed by atoms with Gasteiger partial charge in [0.25, 0.3) is 0 Å². The van der Waals surface area contributed by atoms with Gasteiger partial charge in [-0.05, 0) is 11.1 Å². The summed E-state index contributed by atoms with van der Waals surface area (Å²) in [6.45, 7) is 0. The van der Waals surface area contributed by atoms with E-state index in [-0.39, 0.29) is 6.04 Å². The van der Waals surface area contributed by atoms with Gasteiger partial charge in [-0.3, -0.25) is 0 Å². The molecule has 3 rings (SSSR count). The van der Waals surface area contributed by atoms with Crippen LogP contribution in [0.5, 0.6) is 0 Å². The monoisotopic (exact) mass is 295 g/mol. The van der Waals surface area contributed by atoms with E-state index in [9.17, 15) is 0 Å². The second-order valence-corrected chi connectivity index (χ2v) is 5.01. The average molecular weight is 296 g/mol. The van der Waals surface area contributed by atoms with Crippen LogP contribution < -0.4 is 5.32 Å². The predicted molar refractivity (Wildman–Crippen MR) is 85.4 cm³/mol. The van der Waals surface area contributed by atoms with Crippen LogP contribution in [-0.4, -0.2) is 9.97 Å². The van der Waals surface area contributed by atoms with Crippen molar-refractivity contribution in [3.63, 3.8) is 0 Å². The van der Waals surface area contributed by atoms with E-state index in [2.05, 4.69) is 39.6 Å². The highest BCUT2D eigenvalue weighted by Crippen LogP contribution is 2.26. The molecule has 0 aliphatic carbocycles. The Morgan fingerprint density at radius 3 is 1.90 bits per heavy atom. The fraction of sp³-hybridized carbons (Fsp3) is 0.0588. The molecule has 0 aliphatic rings. The second kappa shape index (κ2) is 6.37. The summed E-state index contributed by atoms with van der Waals surface area (Å²) >= 11 is 5.93. The molecule has 21 heavy (non-hydrogen) atoms. The first kappa shape index (κ1) is 13.6. The lowest BCUT2D eigenvalue weighted by molar-refractivity contribution is 0.922. The molecule has 1 heterocycles. The van der Waals surface area contributed by atoms with Gasteiger partial charge in [-0.15, -0.1) is 0 Å². The summed E-state index contributed by atoms with van der Waals surface area (Å²) in [7, 11) is 0. The van der Waals surface area contributed by atoms with Gasteiger partial charge < -0.3 is 5.32 Å². The van der Waals surface area contributed by atoms with Gasteiger partial charge in [-0.25, -0.2) is 9.97 Å². The van der Waals surface area contributed by atoms with Crippen LogP contribution in [0.2, 0.25) is 5.15 Å². The second-order valence-electron chi connectivity index (χ2n) is 4.62. The van der Waals surface area contributed by atoms with Crippen molar-refractivity contribution >= 4 is 17.4 Å². The molecule has 0 radical (unpaired) electrons. The summed E-state index contributed by atoms with van der Waals surface area (Å²) in [6, 6.07) is 22.2. The van der Waals surface area contributed by atoms with Crippen molar-refractivity contribution in [3.05, 3.63) is 89.3 Å². The Labute approximate surface area is 128 Å². The maximum atomic E-state index is 5.93. The number of anilines is 1. The zero-order chi connectivity index (χ0) is 14.5. The lowest BCUT2D eigenvalue weighted by Gasteiger charge is -2.20. The molecule has 3 aromatic rings. The van der Waals surface area contributed by atoms with Crippen molar-refractivity contribution in [2.45, 2.75) is 6.04 Å². The Kier molecular flexibility index (Phi) is 4.12. The zero-order valence-corrected chi connectivity index (χ0v) is 12.0. The molecule has 3 nitrogen and oxygen atoms in total. The van der Waals surface area contributed by atoms with Crippen LogP contribution in [-0.2, 0) is 0 Å². The van der Waals surface area contributed by atoms with Gasteiger partial charge in [0.05, 0.1) is 6.04 Å². The van der Waals surface area contributed by atoms with Crippen molar-refractivity contribution in [2.75, 3.05) is 5.32 Å². The molecule has 0 unspecified atom stereocenters. The molecule has 0 spiro atoms. The Morgan fingerprint density at radius 2 is 1.38 bits per heavy atom. The summed E-state index contributed by atoms with van der Waals surface area (Å²) in [5.41, 5.74) is 2.33. The largest absolute Gasteiger partial charge is 0.359 e. The third-order valence-electron chi connectivity index (χ3n) is 3.19. The first-order chi connectivity index (χ1) is 10.3. The lowest BCUT2D eigenvalue weighted by atomic mass is 9.99. The number of nitrogens with zero attached hydrogens (tertiary/aromatic N) is 2. The van der Waals surface area contributed by atoms with Gasteiger partial charge in [-0.1, -0.05) is 72.3 Å². The molecule has 104 valence electrons. The molecule has 0 atom stereocenters. The molecular weight excluding hydrogens is 282 g/mol. The molecule has 2 aromatic carbocycles. The average Bonchev–Trinajstić information content (AvgIpc) is 2.54. The normalized spacial score (nSPS) is 10.6. The topological polar surface area (TPSA) is 37.8 Å². The molecule has 0 bridgehead atoms. The molecule has 0 saturated heterocycles. The maximum absolute atomic E-state index is 5.93. The predicted octanol–water partition coefficient (Wildman–Crippen LogP) is 4.33. The molecular formula is C17H14ClN3. The van der Waals surface area contributed by atoms with Crippen molar-refractivity contribution in [1.82, 2.24) is 9.97 Å². The van der Waals surface area contributed by atoms with Gasteiger partial charge in [0.2, 0.25) is 0 Å². The first-order valence-electron chi connectivity index (χ1n) is 6.67. The molecule has 0 amide bonds. The molecule has 0 saturated carbocycles. The first-order valence-corrected chi connectivity index (χ1v) is 7.05. The number of hydrogen-bond donors (Lipinski definition) is 1. The van der Waals surface area contributed by atoms with E-state index < -0.39 is 0 Å². The highest BCUT2D eigenvalue weighted by Gasteiger charge is 2.14. The van der Waals surface area contributed by atoms with Crippen molar-refractivity contribution < 1.29 is 0 Å². The lowest BCUT2D eigenvalue weighted by Crippen LogP contribution is -2.13. The minimum absolute atomic E-state index is 0.0124. The van der Waals surface area contributed by atoms with Gasteiger partial charge in [-0.2, -0.15) is 0 Å². The molecule has 0 fully saturated rings. The highest BCUT2D eigenvalue weighted by molar-refractivity contribution is 6.29. The smallest absolute Gasteiger partial charge is 0.134 e. The summed E-state index contributed by atoms with van der Waals surface area (Å²) in [6.07, 6.45) is 1.46. The number of rotatable bonds is 4. The van der Waals surface area contributed by atoms with Crippen LogP contribution >= 0.6 is 11.6 Å². The van der Waals surface area contributed by atoms with E-state index in [0.717, 1.165) is 0 Å².